The first-order valence-corrected chi connectivity index (χ1v) is 8.57. The summed E-state index contributed by atoms with van der Waals surface area (Å²) >= 11 is 0. The van der Waals surface area contributed by atoms with Gasteiger partial charge in [-0.3, -0.25) is 0 Å². The predicted molar refractivity (Wildman–Crippen MR) is 109 cm³/mol. The van der Waals surface area contributed by atoms with Crippen LogP contribution in [0.1, 0.15) is 45.9 Å². The van der Waals surface area contributed by atoms with Crippen LogP contribution >= 0.6 is 0 Å². The van der Waals surface area contributed by atoms with Gasteiger partial charge in [-0.25, -0.2) is 0 Å². The van der Waals surface area contributed by atoms with Crippen LogP contribution in [0.4, 0.5) is 5.69 Å². The molecule has 0 radical (unpaired) electrons. The van der Waals surface area contributed by atoms with Crippen LogP contribution in [0.2, 0.25) is 0 Å². The number of para-hydroxylation sites is 1. The van der Waals surface area contributed by atoms with E-state index in [0.29, 0.717) is 0 Å². The van der Waals surface area contributed by atoms with Crippen molar-refractivity contribution < 1.29 is 4.42 Å². The summed E-state index contributed by atoms with van der Waals surface area (Å²) in [6.07, 6.45) is 5.64. The van der Waals surface area contributed by atoms with Gasteiger partial charge in [0.2, 0.25) is 0 Å². The van der Waals surface area contributed by atoms with Crippen LogP contribution < -0.4 is 16.0 Å². The molecule has 2 heteroatoms. The van der Waals surface area contributed by atoms with Crippen molar-refractivity contribution in [2.75, 3.05) is 5.32 Å². The molecular formula is C22H31NO. The van der Waals surface area contributed by atoms with E-state index in [-0.39, 0.29) is 0 Å². The Hall–Kier alpha value is -2.48. The third-order valence-corrected chi connectivity index (χ3v) is 3.13. The lowest BCUT2D eigenvalue weighted by Crippen LogP contribution is -2.25. The molecule has 2 rings (SSSR count). The highest BCUT2D eigenvalue weighted by Crippen LogP contribution is 2.10. The standard InChI is InChI=1S/C18H19NO.2C2H6/c1-5-10-17-13(3)14(4)18(20-17)16(6-2)19-15-11-8-7-9-12-15;2*1-2/h5-12,19H,2,4H2,1,3H3;2*1-2H3/b10-5-,18-16-;;. The summed E-state index contributed by atoms with van der Waals surface area (Å²) in [7, 11) is 0. The zero-order valence-corrected chi connectivity index (χ0v) is 15.9. The van der Waals surface area contributed by atoms with E-state index >= 15 is 0 Å². The fourth-order valence-electron chi connectivity index (χ4n) is 1.97. The minimum atomic E-state index is 0.731. The van der Waals surface area contributed by atoms with Gasteiger partial charge in [0, 0.05) is 16.5 Å². The molecule has 0 fully saturated rings. The van der Waals surface area contributed by atoms with Crippen molar-refractivity contribution in [3.8, 4) is 0 Å². The van der Waals surface area contributed by atoms with Gasteiger partial charge in [-0.05, 0) is 38.1 Å². The van der Waals surface area contributed by atoms with Gasteiger partial charge < -0.3 is 9.73 Å². The summed E-state index contributed by atoms with van der Waals surface area (Å²) in [5.41, 5.74) is 3.59. The number of hydrogen-bond donors (Lipinski definition) is 1. The van der Waals surface area contributed by atoms with Gasteiger partial charge in [-0.1, -0.05) is 65.1 Å². The van der Waals surface area contributed by atoms with Crippen molar-refractivity contribution in [1.82, 2.24) is 0 Å². The Kier molecular flexibility index (Phi) is 10.8. The second kappa shape index (κ2) is 12.0. The molecule has 0 amide bonds. The average Bonchev–Trinajstić information content (AvgIpc) is 2.93. The fourth-order valence-corrected chi connectivity index (χ4v) is 1.97. The minimum absolute atomic E-state index is 0.731. The van der Waals surface area contributed by atoms with Gasteiger partial charge in [-0.15, -0.1) is 0 Å². The zero-order valence-electron chi connectivity index (χ0n) is 15.9. The topological polar surface area (TPSA) is 25.2 Å². The lowest BCUT2D eigenvalue weighted by atomic mass is 10.2. The number of hydrogen-bond acceptors (Lipinski definition) is 2. The van der Waals surface area contributed by atoms with Crippen LogP contribution in [0.3, 0.4) is 0 Å². The number of benzene rings is 1. The molecule has 0 unspecified atom stereocenters. The van der Waals surface area contributed by atoms with Gasteiger partial charge in [0.15, 0.2) is 5.42 Å². The number of anilines is 1. The quantitative estimate of drug-likeness (QED) is 0.804. The van der Waals surface area contributed by atoms with E-state index in [1.165, 1.54) is 0 Å². The summed E-state index contributed by atoms with van der Waals surface area (Å²) in [5.74, 6) is 0.835. The molecule has 0 aliphatic heterocycles. The average molecular weight is 325 g/mol. The van der Waals surface area contributed by atoms with Gasteiger partial charge in [0.25, 0.3) is 0 Å². The summed E-state index contributed by atoms with van der Waals surface area (Å²) in [4.78, 5) is 0. The first-order valence-electron chi connectivity index (χ1n) is 8.57. The van der Waals surface area contributed by atoms with E-state index in [2.05, 4.69) is 18.5 Å². The van der Waals surface area contributed by atoms with E-state index in [1.54, 1.807) is 6.08 Å². The molecule has 2 aromatic rings. The lowest BCUT2D eigenvalue weighted by Gasteiger charge is -2.05. The smallest absolute Gasteiger partial charge is 0.157 e. The Labute approximate surface area is 146 Å². The molecule has 1 N–H and O–H groups in total. The van der Waals surface area contributed by atoms with E-state index < -0.39 is 0 Å². The number of furan rings is 1. The molecule has 24 heavy (non-hydrogen) atoms. The Morgan fingerprint density at radius 2 is 1.67 bits per heavy atom. The largest absolute Gasteiger partial charge is 0.454 e. The normalized spacial score (nSPS) is 10.9. The second-order valence-electron chi connectivity index (χ2n) is 4.51. The van der Waals surface area contributed by atoms with Crippen molar-refractivity contribution in [2.24, 2.45) is 0 Å². The molecular weight excluding hydrogens is 294 g/mol. The SMILES string of the molecule is C=C/C(Nc1ccccc1)=c1/oc(/C=C\C)c(C)c1=C.CC.CC. The van der Waals surface area contributed by atoms with Gasteiger partial charge >= 0.3 is 0 Å². The molecule has 0 saturated carbocycles. The Morgan fingerprint density at radius 3 is 2.17 bits per heavy atom. The first kappa shape index (κ1) is 21.5. The monoisotopic (exact) mass is 325 g/mol. The molecule has 0 saturated heterocycles. The molecule has 0 bridgehead atoms. The van der Waals surface area contributed by atoms with Crippen LogP contribution in [-0.2, 0) is 0 Å². The predicted octanol–water partition coefficient (Wildman–Crippen LogP) is 5.49. The third kappa shape index (κ3) is 5.62. The van der Waals surface area contributed by atoms with Crippen molar-refractivity contribution in [2.45, 2.75) is 41.5 Å². The third-order valence-electron chi connectivity index (χ3n) is 3.13. The highest BCUT2D eigenvalue weighted by atomic mass is 16.3. The Balaban J connectivity index is 0.00000123. The molecule has 1 heterocycles. The second-order valence-corrected chi connectivity index (χ2v) is 4.51. The molecule has 0 aliphatic carbocycles. The minimum Gasteiger partial charge on any atom is -0.454 e. The molecule has 1 aromatic heterocycles. The summed E-state index contributed by atoms with van der Waals surface area (Å²) in [5, 5.41) is 4.19. The first-order chi connectivity index (χ1) is 11.7. The zero-order chi connectivity index (χ0) is 18.5. The number of rotatable bonds is 4. The van der Waals surface area contributed by atoms with Crippen LogP contribution in [0.15, 0.2) is 53.5 Å². The van der Waals surface area contributed by atoms with Crippen molar-refractivity contribution >= 4 is 24.0 Å². The summed E-state index contributed by atoms with van der Waals surface area (Å²) < 4.78 is 5.89. The number of allylic oxidation sites excluding steroid dienone is 1. The maximum atomic E-state index is 5.89. The summed E-state index contributed by atoms with van der Waals surface area (Å²) in [6, 6.07) is 9.93. The molecule has 130 valence electrons. The van der Waals surface area contributed by atoms with Crippen LogP contribution in [-0.4, -0.2) is 0 Å². The van der Waals surface area contributed by atoms with E-state index in [4.69, 9.17) is 4.42 Å². The maximum absolute atomic E-state index is 5.89. The maximum Gasteiger partial charge on any atom is 0.157 e. The van der Waals surface area contributed by atoms with Gasteiger partial charge in [0.1, 0.15) is 5.76 Å². The Morgan fingerprint density at radius 1 is 1.08 bits per heavy atom. The van der Waals surface area contributed by atoms with Gasteiger partial charge in [0.05, 0.1) is 5.70 Å². The van der Waals surface area contributed by atoms with Crippen LogP contribution in [0.5, 0.6) is 0 Å². The molecule has 0 atom stereocenters. The molecule has 0 aliphatic rings. The van der Waals surface area contributed by atoms with E-state index in [9.17, 15) is 0 Å². The van der Waals surface area contributed by atoms with E-state index in [1.807, 2.05) is 84.0 Å². The van der Waals surface area contributed by atoms with E-state index in [0.717, 1.165) is 33.3 Å². The molecule has 2 nitrogen and oxygen atoms in total. The lowest BCUT2D eigenvalue weighted by molar-refractivity contribution is 0.518. The molecule has 0 spiro atoms. The van der Waals surface area contributed by atoms with Crippen molar-refractivity contribution in [3.05, 3.63) is 71.0 Å². The highest BCUT2D eigenvalue weighted by Gasteiger charge is 2.06. The van der Waals surface area contributed by atoms with Crippen molar-refractivity contribution in [3.63, 3.8) is 0 Å². The number of nitrogens with one attached hydrogen (secondary N) is 1. The Bertz CT molecular complexity index is 736. The van der Waals surface area contributed by atoms with Crippen molar-refractivity contribution in [1.29, 1.82) is 0 Å². The highest BCUT2D eigenvalue weighted by molar-refractivity contribution is 5.70. The summed E-state index contributed by atoms with van der Waals surface area (Å²) in [6.45, 7) is 19.9. The van der Waals surface area contributed by atoms with Crippen LogP contribution in [0.25, 0.3) is 18.4 Å². The fraction of sp³-hybridized carbons (Fsp3) is 0.273. The molecule has 1 aromatic carbocycles. The van der Waals surface area contributed by atoms with Gasteiger partial charge in [-0.2, -0.15) is 0 Å². The van der Waals surface area contributed by atoms with Crippen LogP contribution in [0, 0.1) is 6.92 Å².